The van der Waals surface area contributed by atoms with Crippen LogP contribution >= 0.6 is 0 Å². The number of nitrogens with zero attached hydrogens (tertiary/aromatic N) is 2. The number of benzene rings is 1. The molecule has 0 unspecified atom stereocenters. The molecule has 2 aliphatic rings. The van der Waals surface area contributed by atoms with Crippen LogP contribution in [0.4, 0.5) is 5.69 Å². The lowest BCUT2D eigenvalue weighted by Gasteiger charge is -2.29. The van der Waals surface area contributed by atoms with Gasteiger partial charge in [0.1, 0.15) is 0 Å². The smallest absolute Gasteiger partial charge is 0.194 e. The second-order valence-corrected chi connectivity index (χ2v) is 6.78. The SMILES string of the molecule is Cc1[nH]c2ccc(N3CCOCC3)cc2c(=O)c1CN1CCOCC1. The van der Waals surface area contributed by atoms with E-state index in [1.807, 2.05) is 19.1 Å². The van der Waals surface area contributed by atoms with Gasteiger partial charge in [0, 0.05) is 60.6 Å². The van der Waals surface area contributed by atoms with Crippen molar-refractivity contribution in [3.63, 3.8) is 0 Å². The topological polar surface area (TPSA) is 57.8 Å². The van der Waals surface area contributed by atoms with Crippen molar-refractivity contribution in [2.45, 2.75) is 13.5 Å². The number of hydrogen-bond donors (Lipinski definition) is 1. The molecule has 25 heavy (non-hydrogen) atoms. The summed E-state index contributed by atoms with van der Waals surface area (Å²) in [7, 11) is 0. The Morgan fingerprint density at radius 3 is 2.44 bits per heavy atom. The number of rotatable bonds is 3. The van der Waals surface area contributed by atoms with Crippen LogP contribution in [0.3, 0.4) is 0 Å². The van der Waals surface area contributed by atoms with Gasteiger partial charge in [-0.1, -0.05) is 0 Å². The maximum Gasteiger partial charge on any atom is 0.194 e. The highest BCUT2D eigenvalue weighted by Crippen LogP contribution is 2.21. The number of morpholine rings is 2. The molecule has 0 bridgehead atoms. The van der Waals surface area contributed by atoms with E-state index < -0.39 is 0 Å². The minimum absolute atomic E-state index is 0.146. The quantitative estimate of drug-likeness (QED) is 0.915. The van der Waals surface area contributed by atoms with E-state index >= 15 is 0 Å². The second kappa shape index (κ2) is 7.15. The predicted molar refractivity (Wildman–Crippen MR) is 98.4 cm³/mol. The molecule has 6 nitrogen and oxygen atoms in total. The van der Waals surface area contributed by atoms with Crippen LogP contribution in [0, 0.1) is 6.92 Å². The second-order valence-electron chi connectivity index (χ2n) is 6.78. The zero-order valence-corrected chi connectivity index (χ0v) is 14.7. The van der Waals surface area contributed by atoms with Crippen LogP contribution < -0.4 is 10.3 Å². The van der Waals surface area contributed by atoms with E-state index in [2.05, 4.69) is 20.9 Å². The van der Waals surface area contributed by atoms with Crippen molar-refractivity contribution < 1.29 is 9.47 Å². The molecule has 1 N–H and O–H groups in total. The Bertz CT molecular complexity index is 805. The molecule has 0 saturated carbocycles. The molecule has 2 aromatic rings. The van der Waals surface area contributed by atoms with E-state index in [0.717, 1.165) is 80.5 Å². The molecule has 2 saturated heterocycles. The monoisotopic (exact) mass is 343 g/mol. The summed E-state index contributed by atoms with van der Waals surface area (Å²) in [4.78, 5) is 21.1. The lowest BCUT2D eigenvalue weighted by atomic mass is 10.1. The molecule has 0 atom stereocenters. The molecule has 0 amide bonds. The van der Waals surface area contributed by atoms with E-state index in [1.54, 1.807) is 0 Å². The van der Waals surface area contributed by atoms with Crippen molar-refractivity contribution in [2.75, 3.05) is 57.5 Å². The maximum atomic E-state index is 13.1. The molecule has 134 valence electrons. The van der Waals surface area contributed by atoms with Gasteiger partial charge in [-0.25, -0.2) is 0 Å². The molecular formula is C19H25N3O3. The van der Waals surface area contributed by atoms with Crippen LogP contribution in [0.2, 0.25) is 0 Å². The fourth-order valence-electron chi connectivity index (χ4n) is 3.63. The van der Waals surface area contributed by atoms with Gasteiger partial charge in [-0.05, 0) is 25.1 Å². The van der Waals surface area contributed by atoms with E-state index in [1.165, 1.54) is 0 Å². The van der Waals surface area contributed by atoms with Gasteiger partial charge in [-0.2, -0.15) is 0 Å². The number of hydrogen-bond acceptors (Lipinski definition) is 5. The summed E-state index contributed by atoms with van der Waals surface area (Å²) < 4.78 is 10.8. The highest BCUT2D eigenvalue weighted by Gasteiger charge is 2.17. The normalized spacial score (nSPS) is 19.5. The van der Waals surface area contributed by atoms with Gasteiger partial charge in [-0.15, -0.1) is 0 Å². The third kappa shape index (κ3) is 3.42. The van der Waals surface area contributed by atoms with Crippen molar-refractivity contribution in [3.8, 4) is 0 Å². The number of pyridine rings is 1. The van der Waals surface area contributed by atoms with Crippen LogP contribution in [-0.2, 0) is 16.0 Å². The fraction of sp³-hybridized carbons (Fsp3) is 0.526. The number of anilines is 1. The number of fused-ring (bicyclic) bond motifs is 1. The minimum atomic E-state index is 0.146. The predicted octanol–water partition coefficient (Wildman–Crippen LogP) is 1.51. The number of aromatic amines is 1. The maximum absolute atomic E-state index is 13.1. The Kier molecular flexibility index (Phi) is 4.74. The third-order valence-electron chi connectivity index (χ3n) is 5.16. The molecule has 1 aromatic heterocycles. The number of nitrogens with one attached hydrogen (secondary N) is 1. The summed E-state index contributed by atoms with van der Waals surface area (Å²) in [6, 6.07) is 6.14. The Morgan fingerprint density at radius 1 is 1.04 bits per heavy atom. The summed E-state index contributed by atoms with van der Waals surface area (Å²) in [5.41, 5.74) is 3.98. The van der Waals surface area contributed by atoms with E-state index in [0.29, 0.717) is 6.54 Å². The van der Waals surface area contributed by atoms with Gasteiger partial charge in [0.2, 0.25) is 0 Å². The van der Waals surface area contributed by atoms with Crippen LogP contribution in [0.25, 0.3) is 10.9 Å². The Labute approximate surface area is 147 Å². The highest BCUT2D eigenvalue weighted by atomic mass is 16.5. The summed E-state index contributed by atoms with van der Waals surface area (Å²) in [5.74, 6) is 0. The molecule has 0 aliphatic carbocycles. The van der Waals surface area contributed by atoms with Crippen LogP contribution in [0.1, 0.15) is 11.3 Å². The molecule has 1 aromatic carbocycles. The Morgan fingerprint density at radius 2 is 1.72 bits per heavy atom. The van der Waals surface area contributed by atoms with Crippen molar-refractivity contribution >= 4 is 16.6 Å². The molecule has 2 fully saturated rings. The van der Waals surface area contributed by atoms with Crippen molar-refractivity contribution in [3.05, 3.63) is 39.7 Å². The fourth-order valence-corrected chi connectivity index (χ4v) is 3.63. The molecular weight excluding hydrogens is 318 g/mol. The van der Waals surface area contributed by atoms with Crippen molar-refractivity contribution in [1.82, 2.24) is 9.88 Å². The van der Waals surface area contributed by atoms with Crippen LogP contribution in [-0.4, -0.2) is 62.5 Å². The first-order valence-corrected chi connectivity index (χ1v) is 9.01. The Hall–Kier alpha value is -1.89. The lowest BCUT2D eigenvalue weighted by molar-refractivity contribution is 0.0339. The standard InChI is InChI=1S/C19H25N3O3/c1-14-17(13-21-4-8-24-9-5-21)19(23)16-12-15(2-3-18(16)20-14)22-6-10-25-11-7-22/h2-3,12H,4-11,13H2,1H3,(H,20,23). The molecule has 0 spiro atoms. The summed E-state index contributed by atoms with van der Waals surface area (Å²) in [6.07, 6.45) is 0. The van der Waals surface area contributed by atoms with Crippen LogP contribution in [0.5, 0.6) is 0 Å². The number of ether oxygens (including phenoxy) is 2. The number of aromatic nitrogens is 1. The average Bonchev–Trinajstić information content (AvgIpc) is 2.66. The summed E-state index contributed by atoms with van der Waals surface area (Å²) in [6.45, 7) is 9.14. The Balaban J connectivity index is 1.69. The number of aryl methyl sites for hydroxylation is 1. The largest absolute Gasteiger partial charge is 0.379 e. The first-order valence-electron chi connectivity index (χ1n) is 9.01. The van der Waals surface area contributed by atoms with Gasteiger partial charge in [0.15, 0.2) is 5.43 Å². The molecule has 2 aliphatic heterocycles. The van der Waals surface area contributed by atoms with E-state index in [4.69, 9.17) is 9.47 Å². The molecule has 3 heterocycles. The molecule has 4 rings (SSSR count). The van der Waals surface area contributed by atoms with Gasteiger partial charge < -0.3 is 19.4 Å². The summed E-state index contributed by atoms with van der Waals surface area (Å²) in [5, 5.41) is 0.776. The summed E-state index contributed by atoms with van der Waals surface area (Å²) >= 11 is 0. The van der Waals surface area contributed by atoms with Crippen LogP contribution in [0.15, 0.2) is 23.0 Å². The first-order chi connectivity index (χ1) is 12.2. The zero-order chi connectivity index (χ0) is 17.2. The van der Waals surface area contributed by atoms with Crippen molar-refractivity contribution in [1.29, 1.82) is 0 Å². The zero-order valence-electron chi connectivity index (χ0n) is 14.7. The van der Waals surface area contributed by atoms with Gasteiger partial charge >= 0.3 is 0 Å². The molecule has 0 radical (unpaired) electrons. The minimum Gasteiger partial charge on any atom is -0.379 e. The number of H-pyrrole nitrogens is 1. The first kappa shape index (κ1) is 16.6. The van der Waals surface area contributed by atoms with Gasteiger partial charge in [0.05, 0.1) is 26.4 Å². The lowest BCUT2D eigenvalue weighted by Crippen LogP contribution is -2.37. The third-order valence-corrected chi connectivity index (χ3v) is 5.16. The average molecular weight is 343 g/mol. The van der Waals surface area contributed by atoms with Gasteiger partial charge in [0.25, 0.3) is 0 Å². The highest BCUT2D eigenvalue weighted by molar-refractivity contribution is 5.83. The van der Waals surface area contributed by atoms with Gasteiger partial charge in [-0.3, -0.25) is 9.69 Å². The van der Waals surface area contributed by atoms with E-state index in [9.17, 15) is 4.79 Å². The van der Waals surface area contributed by atoms with Crippen molar-refractivity contribution in [2.24, 2.45) is 0 Å². The van der Waals surface area contributed by atoms with E-state index in [-0.39, 0.29) is 5.43 Å². The molecule has 6 heteroatoms.